The summed E-state index contributed by atoms with van der Waals surface area (Å²) in [5, 5.41) is 4.28. The highest BCUT2D eigenvalue weighted by Gasteiger charge is 2.42. The Hall–Kier alpha value is -2.96. The standard InChI is InChI=1S/C28H27BrN4S/c1-17-8-9-18(2)25(15-17)32-19(3)16-23(20(32)4)27-26(24-7-5-6-14-30-24)31-28(34)33(27)22-12-10-21(29)11-13-22/h5-16,26-27H,1-4H3,(H,31,34)/t26-,27-/m1/s1. The highest BCUT2D eigenvalue weighted by Crippen LogP contribution is 2.44. The molecule has 0 bridgehead atoms. The number of rotatable bonds is 4. The Morgan fingerprint density at radius 1 is 0.941 bits per heavy atom. The maximum atomic E-state index is 5.89. The first-order valence-corrected chi connectivity index (χ1v) is 12.6. The average Bonchev–Trinajstić information content (AvgIpc) is 3.32. The number of nitrogens with zero attached hydrogens (tertiary/aromatic N) is 3. The number of pyridine rings is 1. The molecular weight excluding hydrogens is 504 g/mol. The minimum absolute atomic E-state index is 0.0337. The van der Waals surface area contributed by atoms with E-state index >= 15 is 0 Å². The second kappa shape index (κ2) is 9.01. The Morgan fingerprint density at radius 2 is 1.71 bits per heavy atom. The minimum atomic E-state index is -0.0649. The van der Waals surface area contributed by atoms with Crippen molar-refractivity contribution >= 4 is 38.9 Å². The molecule has 34 heavy (non-hydrogen) atoms. The van der Waals surface area contributed by atoms with Gasteiger partial charge in [-0.1, -0.05) is 34.1 Å². The van der Waals surface area contributed by atoms with Gasteiger partial charge in [-0.3, -0.25) is 4.98 Å². The molecule has 0 aliphatic carbocycles. The number of anilines is 1. The first-order chi connectivity index (χ1) is 16.3. The third-order valence-corrected chi connectivity index (χ3v) is 7.44. The molecule has 2 aromatic carbocycles. The first kappa shape index (κ1) is 22.8. The maximum absolute atomic E-state index is 5.89. The van der Waals surface area contributed by atoms with Gasteiger partial charge in [-0.05, 0) is 105 Å². The fourth-order valence-electron chi connectivity index (χ4n) is 4.97. The molecule has 0 saturated carbocycles. The van der Waals surface area contributed by atoms with Crippen LogP contribution in [0.25, 0.3) is 5.69 Å². The molecule has 1 N–H and O–H groups in total. The van der Waals surface area contributed by atoms with Crippen LogP contribution in [0.5, 0.6) is 0 Å². The van der Waals surface area contributed by atoms with Crippen molar-refractivity contribution in [3.63, 3.8) is 0 Å². The molecule has 172 valence electrons. The van der Waals surface area contributed by atoms with Gasteiger partial charge in [0.25, 0.3) is 0 Å². The molecule has 2 atom stereocenters. The van der Waals surface area contributed by atoms with Crippen molar-refractivity contribution in [1.82, 2.24) is 14.9 Å². The van der Waals surface area contributed by atoms with E-state index < -0.39 is 0 Å². The van der Waals surface area contributed by atoms with E-state index in [1.165, 1.54) is 33.8 Å². The van der Waals surface area contributed by atoms with E-state index in [-0.39, 0.29) is 12.1 Å². The van der Waals surface area contributed by atoms with E-state index in [1.807, 2.05) is 18.3 Å². The summed E-state index contributed by atoms with van der Waals surface area (Å²) in [7, 11) is 0. The molecule has 4 aromatic rings. The normalized spacial score (nSPS) is 17.8. The number of thiocarbonyl (C=S) groups is 1. The lowest BCUT2D eigenvalue weighted by atomic mass is 9.96. The van der Waals surface area contributed by atoms with Crippen LogP contribution in [-0.2, 0) is 0 Å². The van der Waals surface area contributed by atoms with E-state index in [4.69, 9.17) is 17.2 Å². The molecule has 2 aromatic heterocycles. The zero-order chi connectivity index (χ0) is 24.0. The highest BCUT2D eigenvalue weighted by atomic mass is 79.9. The van der Waals surface area contributed by atoms with Crippen molar-refractivity contribution in [2.24, 2.45) is 0 Å². The number of hydrogen-bond donors (Lipinski definition) is 1. The molecule has 1 saturated heterocycles. The zero-order valence-electron chi connectivity index (χ0n) is 19.7. The van der Waals surface area contributed by atoms with E-state index in [9.17, 15) is 0 Å². The van der Waals surface area contributed by atoms with Crippen LogP contribution >= 0.6 is 28.1 Å². The summed E-state index contributed by atoms with van der Waals surface area (Å²) < 4.78 is 3.41. The first-order valence-electron chi connectivity index (χ1n) is 11.4. The second-order valence-electron chi connectivity index (χ2n) is 8.92. The van der Waals surface area contributed by atoms with Crippen LogP contribution in [0, 0.1) is 27.7 Å². The third-order valence-electron chi connectivity index (χ3n) is 6.60. The van der Waals surface area contributed by atoms with Gasteiger partial charge in [-0.2, -0.15) is 0 Å². The highest BCUT2D eigenvalue weighted by molar-refractivity contribution is 9.10. The fourth-order valence-corrected chi connectivity index (χ4v) is 5.58. The van der Waals surface area contributed by atoms with Crippen LogP contribution in [0.1, 0.15) is 45.9 Å². The maximum Gasteiger partial charge on any atom is 0.174 e. The molecule has 3 heterocycles. The van der Waals surface area contributed by atoms with Gasteiger partial charge < -0.3 is 14.8 Å². The van der Waals surface area contributed by atoms with Crippen LogP contribution in [0.2, 0.25) is 0 Å². The molecule has 1 aliphatic heterocycles. The minimum Gasteiger partial charge on any atom is -0.351 e. The van der Waals surface area contributed by atoms with E-state index in [2.05, 4.69) is 113 Å². The van der Waals surface area contributed by atoms with E-state index in [0.717, 1.165) is 15.9 Å². The van der Waals surface area contributed by atoms with Crippen molar-refractivity contribution in [3.05, 3.63) is 111 Å². The van der Waals surface area contributed by atoms with Gasteiger partial charge in [0.05, 0.1) is 17.8 Å². The summed E-state index contributed by atoms with van der Waals surface area (Å²) in [4.78, 5) is 6.93. The van der Waals surface area contributed by atoms with Gasteiger partial charge >= 0.3 is 0 Å². The van der Waals surface area contributed by atoms with E-state index in [1.54, 1.807) is 0 Å². The van der Waals surface area contributed by atoms with Crippen molar-refractivity contribution in [1.29, 1.82) is 0 Å². The quantitative estimate of drug-likeness (QED) is 0.286. The largest absolute Gasteiger partial charge is 0.351 e. The molecule has 1 aliphatic rings. The summed E-state index contributed by atoms with van der Waals surface area (Å²) in [6, 6.07) is 23.2. The van der Waals surface area contributed by atoms with Crippen LogP contribution in [0.15, 0.2) is 77.4 Å². The smallest absolute Gasteiger partial charge is 0.174 e. The lowest BCUT2D eigenvalue weighted by Crippen LogP contribution is -2.29. The Bertz CT molecular complexity index is 1360. The fraction of sp³-hybridized carbons (Fsp3) is 0.214. The van der Waals surface area contributed by atoms with Gasteiger partial charge in [-0.25, -0.2) is 0 Å². The number of aryl methyl sites for hydroxylation is 3. The second-order valence-corrected chi connectivity index (χ2v) is 10.2. The Morgan fingerprint density at radius 3 is 2.41 bits per heavy atom. The van der Waals surface area contributed by atoms with Gasteiger partial charge in [-0.15, -0.1) is 0 Å². The number of hydrogen-bond acceptors (Lipinski definition) is 2. The molecule has 6 heteroatoms. The number of benzene rings is 2. The summed E-state index contributed by atoms with van der Waals surface area (Å²) in [5.74, 6) is 0. The SMILES string of the molecule is Cc1ccc(C)c(-n2c(C)cc([C@@H]3[C@@H](c4ccccn4)NC(=S)N3c3ccc(Br)cc3)c2C)c1. The Kier molecular flexibility index (Phi) is 6.04. The van der Waals surface area contributed by atoms with Crippen LogP contribution in [-0.4, -0.2) is 14.7 Å². The average molecular weight is 532 g/mol. The molecule has 0 spiro atoms. The summed E-state index contributed by atoms with van der Waals surface area (Å²) in [5.41, 5.74) is 9.42. The molecule has 0 unspecified atom stereocenters. The van der Waals surface area contributed by atoms with Crippen LogP contribution in [0.4, 0.5) is 5.69 Å². The third kappa shape index (κ3) is 3.95. The summed E-state index contributed by atoms with van der Waals surface area (Å²) >= 11 is 9.45. The summed E-state index contributed by atoms with van der Waals surface area (Å²) in [6.45, 7) is 8.70. The zero-order valence-corrected chi connectivity index (χ0v) is 22.1. The monoisotopic (exact) mass is 530 g/mol. The predicted molar refractivity (Wildman–Crippen MR) is 147 cm³/mol. The van der Waals surface area contributed by atoms with Crippen molar-refractivity contribution < 1.29 is 0 Å². The van der Waals surface area contributed by atoms with Crippen molar-refractivity contribution in [2.45, 2.75) is 39.8 Å². The van der Waals surface area contributed by atoms with Crippen molar-refractivity contribution in [3.8, 4) is 5.69 Å². The number of halogens is 1. The summed E-state index contributed by atoms with van der Waals surface area (Å²) in [6.07, 6.45) is 1.85. The topological polar surface area (TPSA) is 33.1 Å². The molecule has 4 nitrogen and oxygen atoms in total. The number of aromatic nitrogens is 2. The number of nitrogens with one attached hydrogen (secondary N) is 1. The lowest BCUT2D eigenvalue weighted by Gasteiger charge is -2.28. The van der Waals surface area contributed by atoms with Gasteiger partial charge in [0.15, 0.2) is 5.11 Å². The van der Waals surface area contributed by atoms with E-state index in [0.29, 0.717) is 5.11 Å². The van der Waals surface area contributed by atoms with Crippen LogP contribution < -0.4 is 10.2 Å². The van der Waals surface area contributed by atoms with Gasteiger partial charge in [0.1, 0.15) is 0 Å². The van der Waals surface area contributed by atoms with Crippen molar-refractivity contribution in [2.75, 3.05) is 4.90 Å². The Balaban J connectivity index is 1.70. The molecule has 0 radical (unpaired) electrons. The molecule has 5 rings (SSSR count). The Labute approximate surface area is 214 Å². The lowest BCUT2D eigenvalue weighted by molar-refractivity contribution is 0.565. The molecule has 1 fully saturated rings. The van der Waals surface area contributed by atoms with Gasteiger partial charge in [0, 0.05) is 33.4 Å². The molecular formula is C28H27BrN4S. The predicted octanol–water partition coefficient (Wildman–Crippen LogP) is 7.05. The van der Waals surface area contributed by atoms with Gasteiger partial charge in [0.2, 0.25) is 0 Å². The van der Waals surface area contributed by atoms with Crippen LogP contribution in [0.3, 0.4) is 0 Å². The molecule has 0 amide bonds.